The van der Waals surface area contributed by atoms with Gasteiger partial charge >= 0.3 is 11.8 Å². The molecule has 0 aliphatic carbocycles. The summed E-state index contributed by atoms with van der Waals surface area (Å²) < 4.78 is 0. The minimum atomic E-state index is -0.831. The molecule has 1 rings (SSSR count). The van der Waals surface area contributed by atoms with Crippen molar-refractivity contribution in [3.63, 3.8) is 0 Å². The van der Waals surface area contributed by atoms with Crippen molar-refractivity contribution >= 4 is 18.0 Å². The number of aromatic hydroxyl groups is 1. The highest BCUT2D eigenvalue weighted by molar-refractivity contribution is 6.35. The highest BCUT2D eigenvalue weighted by Gasteiger charge is 2.10. The molecule has 0 atom stereocenters. The maximum Gasteiger partial charge on any atom is 0.329 e. The second-order valence-corrected chi connectivity index (χ2v) is 3.87. The van der Waals surface area contributed by atoms with Crippen LogP contribution in [0.15, 0.2) is 29.4 Å². The fourth-order valence-corrected chi connectivity index (χ4v) is 1.27. The fraction of sp³-hybridized carbons (Fsp3) is 0.308. The summed E-state index contributed by atoms with van der Waals surface area (Å²) in [6.45, 7) is 2.45. The van der Waals surface area contributed by atoms with Gasteiger partial charge in [-0.3, -0.25) is 9.59 Å². The first-order valence-corrected chi connectivity index (χ1v) is 6.04. The molecular weight excluding hydrogens is 246 g/mol. The van der Waals surface area contributed by atoms with Crippen LogP contribution in [0, 0.1) is 0 Å². The van der Waals surface area contributed by atoms with Crippen LogP contribution >= 0.6 is 0 Å². The Labute approximate surface area is 111 Å². The van der Waals surface area contributed by atoms with Crippen molar-refractivity contribution in [2.24, 2.45) is 5.10 Å². The number of carbonyl (C=O) groups excluding carboxylic acids is 2. The van der Waals surface area contributed by atoms with E-state index in [9.17, 15) is 14.7 Å². The molecule has 0 unspecified atom stereocenters. The Bertz CT molecular complexity index is 472. The number of benzene rings is 1. The lowest BCUT2D eigenvalue weighted by Crippen LogP contribution is -2.38. The summed E-state index contributed by atoms with van der Waals surface area (Å²) in [5, 5.41) is 15.5. The third kappa shape index (κ3) is 5.20. The van der Waals surface area contributed by atoms with E-state index in [-0.39, 0.29) is 5.75 Å². The molecule has 1 aromatic rings. The van der Waals surface area contributed by atoms with Gasteiger partial charge in [-0.25, -0.2) is 5.43 Å². The number of phenolic OH excluding ortho intramolecular Hbond substituents is 1. The number of para-hydroxylation sites is 1. The first-order valence-electron chi connectivity index (χ1n) is 6.04. The summed E-state index contributed by atoms with van der Waals surface area (Å²) in [6, 6.07) is 6.53. The van der Waals surface area contributed by atoms with E-state index in [0.29, 0.717) is 12.1 Å². The van der Waals surface area contributed by atoms with Crippen molar-refractivity contribution in [3.05, 3.63) is 29.8 Å². The lowest BCUT2D eigenvalue weighted by Gasteiger charge is -2.02. The van der Waals surface area contributed by atoms with Crippen molar-refractivity contribution in [2.45, 2.75) is 19.8 Å². The number of nitrogens with one attached hydrogen (secondary N) is 2. The minimum Gasteiger partial charge on any atom is -0.507 e. The number of carbonyl (C=O) groups is 2. The summed E-state index contributed by atoms with van der Waals surface area (Å²) in [4.78, 5) is 22.6. The van der Waals surface area contributed by atoms with Gasteiger partial charge in [-0.2, -0.15) is 5.10 Å². The van der Waals surface area contributed by atoms with Gasteiger partial charge in [-0.1, -0.05) is 25.5 Å². The third-order valence-electron chi connectivity index (χ3n) is 2.33. The highest BCUT2D eigenvalue weighted by Crippen LogP contribution is 2.12. The van der Waals surface area contributed by atoms with Crippen LogP contribution in [0.25, 0.3) is 0 Å². The van der Waals surface area contributed by atoms with Crippen LogP contribution in [-0.4, -0.2) is 29.7 Å². The van der Waals surface area contributed by atoms with E-state index >= 15 is 0 Å². The van der Waals surface area contributed by atoms with Crippen molar-refractivity contribution < 1.29 is 14.7 Å². The van der Waals surface area contributed by atoms with E-state index in [2.05, 4.69) is 15.8 Å². The summed E-state index contributed by atoms with van der Waals surface area (Å²) in [7, 11) is 0. The summed E-state index contributed by atoms with van der Waals surface area (Å²) in [5.41, 5.74) is 2.55. The van der Waals surface area contributed by atoms with Gasteiger partial charge in [0.2, 0.25) is 0 Å². The lowest BCUT2D eigenvalue weighted by molar-refractivity contribution is -0.139. The Kier molecular flexibility index (Phi) is 6.08. The average Bonchev–Trinajstić information content (AvgIpc) is 2.41. The van der Waals surface area contributed by atoms with Crippen LogP contribution in [0.4, 0.5) is 0 Å². The second-order valence-electron chi connectivity index (χ2n) is 3.87. The van der Waals surface area contributed by atoms with Crippen LogP contribution in [0.1, 0.15) is 25.3 Å². The smallest absolute Gasteiger partial charge is 0.329 e. The van der Waals surface area contributed by atoms with E-state index < -0.39 is 11.8 Å². The molecule has 19 heavy (non-hydrogen) atoms. The van der Waals surface area contributed by atoms with Gasteiger partial charge in [-0.15, -0.1) is 0 Å². The van der Waals surface area contributed by atoms with Crippen LogP contribution in [0.3, 0.4) is 0 Å². The number of hydrogen-bond donors (Lipinski definition) is 3. The van der Waals surface area contributed by atoms with E-state index in [1.807, 2.05) is 6.92 Å². The first kappa shape index (κ1) is 14.7. The molecule has 3 N–H and O–H groups in total. The van der Waals surface area contributed by atoms with Gasteiger partial charge in [0.1, 0.15) is 5.75 Å². The molecule has 0 aliphatic rings. The molecule has 0 saturated heterocycles. The lowest BCUT2D eigenvalue weighted by atomic mass is 10.2. The largest absolute Gasteiger partial charge is 0.507 e. The van der Waals surface area contributed by atoms with Crippen LogP contribution in [-0.2, 0) is 9.59 Å². The Morgan fingerprint density at radius 2 is 2.05 bits per heavy atom. The zero-order valence-electron chi connectivity index (χ0n) is 10.7. The highest BCUT2D eigenvalue weighted by atomic mass is 16.3. The number of phenols is 1. The van der Waals surface area contributed by atoms with Crippen molar-refractivity contribution in [2.75, 3.05) is 6.54 Å². The van der Waals surface area contributed by atoms with Gasteiger partial charge in [-0.05, 0) is 18.6 Å². The second kappa shape index (κ2) is 7.86. The molecule has 0 aromatic heterocycles. The number of unbranched alkanes of at least 4 members (excludes halogenated alkanes) is 1. The van der Waals surface area contributed by atoms with Crippen LogP contribution < -0.4 is 10.7 Å². The quantitative estimate of drug-likeness (QED) is 0.317. The predicted molar refractivity (Wildman–Crippen MR) is 71.8 cm³/mol. The molecule has 0 radical (unpaired) electrons. The maximum atomic E-state index is 11.3. The zero-order chi connectivity index (χ0) is 14.1. The zero-order valence-corrected chi connectivity index (χ0v) is 10.7. The van der Waals surface area contributed by atoms with E-state index in [1.165, 1.54) is 12.3 Å². The number of hydrazone groups is 1. The van der Waals surface area contributed by atoms with E-state index in [0.717, 1.165) is 12.8 Å². The summed E-state index contributed by atoms with van der Waals surface area (Å²) in [5.74, 6) is -1.50. The van der Waals surface area contributed by atoms with Gasteiger partial charge in [0.25, 0.3) is 0 Å². The summed E-state index contributed by atoms with van der Waals surface area (Å²) in [6.07, 6.45) is 3.03. The molecule has 2 amide bonds. The number of amides is 2. The predicted octanol–water partition coefficient (Wildman–Crippen LogP) is 0.759. The van der Waals surface area contributed by atoms with Crippen LogP contribution in [0.2, 0.25) is 0 Å². The van der Waals surface area contributed by atoms with Crippen molar-refractivity contribution in [1.82, 2.24) is 10.7 Å². The van der Waals surface area contributed by atoms with Gasteiger partial charge in [0, 0.05) is 12.1 Å². The standard InChI is InChI=1S/C13H17N3O3/c1-2-3-8-14-12(18)13(19)16-15-9-10-6-4-5-7-11(10)17/h4-7,9,17H,2-3,8H2,1H3,(H,14,18)(H,16,19)/b15-9-. The molecular formula is C13H17N3O3. The molecule has 6 heteroatoms. The van der Waals surface area contributed by atoms with Crippen molar-refractivity contribution in [1.29, 1.82) is 0 Å². The van der Waals surface area contributed by atoms with Crippen molar-refractivity contribution in [3.8, 4) is 5.75 Å². The molecule has 0 fully saturated rings. The van der Waals surface area contributed by atoms with E-state index in [4.69, 9.17) is 0 Å². The normalized spacial score (nSPS) is 10.4. The molecule has 1 aromatic carbocycles. The summed E-state index contributed by atoms with van der Waals surface area (Å²) >= 11 is 0. The first-order chi connectivity index (χ1) is 9.15. The SMILES string of the molecule is CCCCNC(=O)C(=O)N/N=C\c1ccccc1O. The van der Waals surface area contributed by atoms with Gasteiger partial charge in [0.05, 0.1) is 6.21 Å². The molecule has 0 saturated carbocycles. The molecule has 102 valence electrons. The third-order valence-corrected chi connectivity index (χ3v) is 2.33. The monoisotopic (exact) mass is 263 g/mol. The molecule has 0 spiro atoms. The van der Waals surface area contributed by atoms with E-state index in [1.54, 1.807) is 18.2 Å². The Hall–Kier alpha value is -2.37. The molecule has 0 heterocycles. The average molecular weight is 263 g/mol. The van der Waals surface area contributed by atoms with Crippen LogP contribution in [0.5, 0.6) is 5.75 Å². The molecule has 6 nitrogen and oxygen atoms in total. The van der Waals surface area contributed by atoms with Gasteiger partial charge < -0.3 is 10.4 Å². The molecule has 0 aliphatic heterocycles. The Balaban J connectivity index is 2.41. The number of rotatable bonds is 5. The molecule has 0 bridgehead atoms. The maximum absolute atomic E-state index is 11.3. The number of nitrogens with zero attached hydrogens (tertiary/aromatic N) is 1. The van der Waals surface area contributed by atoms with Gasteiger partial charge in [0.15, 0.2) is 0 Å². The Morgan fingerprint density at radius 3 is 2.74 bits per heavy atom. The Morgan fingerprint density at radius 1 is 1.32 bits per heavy atom. The number of hydrogen-bond acceptors (Lipinski definition) is 4. The fourth-order valence-electron chi connectivity index (χ4n) is 1.27. The topological polar surface area (TPSA) is 90.8 Å². The minimum absolute atomic E-state index is 0.0490.